The molecule has 0 saturated heterocycles. The molecular formula is C25H28Cl2FN5O3. The molecule has 2 rings (SSSR count). The molecule has 11 heteroatoms. The van der Waals surface area contributed by atoms with Crippen LogP contribution in [-0.2, 0) is 6.61 Å². The molecule has 0 aromatic carbocycles. The van der Waals surface area contributed by atoms with E-state index < -0.39 is 17.0 Å². The van der Waals surface area contributed by atoms with Crippen molar-refractivity contribution < 1.29 is 14.2 Å². The smallest absolute Gasteiger partial charge is 0.277 e. The van der Waals surface area contributed by atoms with E-state index in [1.165, 1.54) is 22.9 Å². The number of pyridine rings is 2. The van der Waals surface area contributed by atoms with E-state index in [0.29, 0.717) is 22.7 Å². The maximum atomic E-state index is 13.2. The van der Waals surface area contributed by atoms with Crippen molar-refractivity contribution in [2.75, 3.05) is 6.67 Å². The number of aromatic nitrogens is 2. The van der Waals surface area contributed by atoms with Crippen molar-refractivity contribution >= 4 is 41.3 Å². The third kappa shape index (κ3) is 7.61. The van der Waals surface area contributed by atoms with E-state index in [1.54, 1.807) is 40.0 Å². The molecule has 36 heavy (non-hydrogen) atoms. The second-order valence-corrected chi connectivity index (χ2v) is 9.00. The molecule has 0 aliphatic heterocycles. The number of aliphatic hydroxyl groups is 1. The highest BCUT2D eigenvalue weighted by molar-refractivity contribution is 6.32. The standard InChI is InChI=1S/C25H28Cl2FN5O3/c1-6-20(15(2)11-31-14-30-8-7-22(29)25(4,5)35)33-16(3)9-21(23(27)24(33)34)36-13-19-18(26)10-17(28)12-32-19/h6-12,35H,1,13-14,29H2,2-5H3/b20-15+,22-7?,30-8?,31-11?. The summed E-state index contributed by atoms with van der Waals surface area (Å²) in [5.41, 5.74) is 6.32. The lowest BCUT2D eigenvalue weighted by Crippen LogP contribution is -2.27. The van der Waals surface area contributed by atoms with Gasteiger partial charge < -0.3 is 15.6 Å². The summed E-state index contributed by atoms with van der Waals surface area (Å²) >= 11 is 12.3. The predicted molar refractivity (Wildman–Crippen MR) is 143 cm³/mol. The second-order valence-electron chi connectivity index (χ2n) is 8.21. The van der Waals surface area contributed by atoms with Crippen molar-refractivity contribution in [3.63, 3.8) is 0 Å². The molecule has 2 heterocycles. The van der Waals surface area contributed by atoms with Crippen LogP contribution in [-0.4, -0.2) is 39.4 Å². The summed E-state index contributed by atoms with van der Waals surface area (Å²) < 4.78 is 20.2. The van der Waals surface area contributed by atoms with Crippen molar-refractivity contribution in [2.24, 2.45) is 15.7 Å². The van der Waals surface area contributed by atoms with Gasteiger partial charge in [-0.05, 0) is 51.5 Å². The molecule has 0 spiro atoms. The first-order chi connectivity index (χ1) is 16.9. The molecule has 0 saturated carbocycles. The monoisotopic (exact) mass is 535 g/mol. The fraction of sp³-hybridized carbons (Fsp3) is 0.280. The number of rotatable bonds is 10. The lowest BCUT2D eigenvalue weighted by Gasteiger charge is -2.16. The Bertz CT molecular complexity index is 1310. The van der Waals surface area contributed by atoms with Gasteiger partial charge in [0.2, 0.25) is 0 Å². The van der Waals surface area contributed by atoms with E-state index >= 15 is 0 Å². The first-order valence-electron chi connectivity index (χ1n) is 10.7. The van der Waals surface area contributed by atoms with Gasteiger partial charge in [-0.25, -0.2) is 4.39 Å². The van der Waals surface area contributed by atoms with Gasteiger partial charge in [0.25, 0.3) is 5.56 Å². The Labute approximate surface area is 219 Å². The third-order valence-corrected chi connectivity index (χ3v) is 5.58. The zero-order chi connectivity index (χ0) is 27.0. The zero-order valence-corrected chi connectivity index (χ0v) is 21.9. The van der Waals surface area contributed by atoms with Crippen LogP contribution < -0.4 is 16.0 Å². The average molecular weight is 536 g/mol. The van der Waals surface area contributed by atoms with E-state index in [4.69, 9.17) is 33.7 Å². The molecule has 0 radical (unpaired) electrons. The number of allylic oxidation sites excluding steroid dienone is 4. The molecule has 0 unspecified atom stereocenters. The van der Waals surface area contributed by atoms with Gasteiger partial charge in [0, 0.05) is 29.9 Å². The summed E-state index contributed by atoms with van der Waals surface area (Å²) in [6, 6.07) is 2.72. The van der Waals surface area contributed by atoms with E-state index in [9.17, 15) is 14.3 Å². The minimum atomic E-state index is -1.13. The van der Waals surface area contributed by atoms with E-state index in [2.05, 4.69) is 21.5 Å². The van der Waals surface area contributed by atoms with Gasteiger partial charge >= 0.3 is 0 Å². The Balaban J connectivity index is 2.25. The van der Waals surface area contributed by atoms with Crippen molar-refractivity contribution in [2.45, 2.75) is 39.9 Å². The normalized spacial score (nSPS) is 13.4. The quantitative estimate of drug-likeness (QED) is 0.337. The summed E-state index contributed by atoms with van der Waals surface area (Å²) in [5.74, 6) is -0.429. The van der Waals surface area contributed by atoms with Crippen LogP contribution >= 0.6 is 23.2 Å². The second kappa shape index (κ2) is 12.6. The number of aliphatic imine (C=N–C) groups is 2. The Kier molecular flexibility index (Phi) is 10.2. The van der Waals surface area contributed by atoms with Crippen LogP contribution in [0.3, 0.4) is 0 Å². The summed E-state index contributed by atoms with van der Waals surface area (Å²) in [6.07, 6.45) is 7.06. The number of nitrogens with two attached hydrogens (primary N) is 1. The molecule has 3 N–H and O–H groups in total. The van der Waals surface area contributed by atoms with E-state index in [0.717, 1.165) is 12.3 Å². The average Bonchev–Trinajstić information content (AvgIpc) is 2.80. The Morgan fingerprint density at radius 2 is 2.06 bits per heavy atom. The van der Waals surface area contributed by atoms with Crippen molar-refractivity contribution in [1.29, 1.82) is 0 Å². The predicted octanol–water partition coefficient (Wildman–Crippen LogP) is 4.71. The molecule has 0 bridgehead atoms. The number of ether oxygens (including phenoxy) is 1. The minimum absolute atomic E-state index is 0.101. The molecule has 2 aromatic rings. The summed E-state index contributed by atoms with van der Waals surface area (Å²) in [7, 11) is 0. The SMILES string of the molecule is C=C/C(=C(/C)C=NCN=CC=C(N)C(C)(C)O)n1c(C)cc(OCc2ncc(F)cc2Cl)c(Cl)c1=O. The van der Waals surface area contributed by atoms with Crippen LogP contribution in [0.25, 0.3) is 5.70 Å². The van der Waals surface area contributed by atoms with Gasteiger partial charge in [0.15, 0.2) is 0 Å². The Morgan fingerprint density at radius 3 is 2.67 bits per heavy atom. The molecule has 2 aromatic heterocycles. The van der Waals surface area contributed by atoms with Gasteiger partial charge in [0.05, 0.1) is 28.2 Å². The van der Waals surface area contributed by atoms with Crippen LogP contribution in [0.2, 0.25) is 10.0 Å². The lowest BCUT2D eigenvalue weighted by atomic mass is 10.1. The minimum Gasteiger partial charge on any atom is -0.485 e. The molecule has 0 atom stereocenters. The molecule has 0 aliphatic carbocycles. The highest BCUT2D eigenvalue weighted by Gasteiger charge is 2.16. The van der Waals surface area contributed by atoms with E-state index in [1.807, 2.05) is 0 Å². The topological polar surface area (TPSA) is 115 Å². The zero-order valence-electron chi connectivity index (χ0n) is 20.4. The van der Waals surface area contributed by atoms with Crippen LogP contribution in [0.5, 0.6) is 5.75 Å². The number of aryl methyl sites for hydroxylation is 1. The largest absolute Gasteiger partial charge is 0.485 e. The third-order valence-electron chi connectivity index (χ3n) is 4.90. The summed E-state index contributed by atoms with van der Waals surface area (Å²) in [4.78, 5) is 25.3. The number of nitrogens with zero attached hydrogens (tertiary/aromatic N) is 4. The first kappa shape index (κ1) is 29.0. The highest BCUT2D eigenvalue weighted by atomic mass is 35.5. The number of hydrogen-bond donors (Lipinski definition) is 2. The molecule has 0 fully saturated rings. The highest BCUT2D eigenvalue weighted by Crippen LogP contribution is 2.26. The number of halogens is 3. The van der Waals surface area contributed by atoms with Crippen molar-refractivity contribution in [1.82, 2.24) is 9.55 Å². The van der Waals surface area contributed by atoms with E-state index in [-0.39, 0.29) is 34.8 Å². The fourth-order valence-electron chi connectivity index (χ4n) is 2.88. The van der Waals surface area contributed by atoms with Gasteiger partial charge in [-0.3, -0.25) is 24.3 Å². The lowest BCUT2D eigenvalue weighted by molar-refractivity contribution is 0.118. The summed E-state index contributed by atoms with van der Waals surface area (Å²) in [6.45, 7) is 10.4. The fourth-order valence-corrected chi connectivity index (χ4v) is 3.29. The van der Waals surface area contributed by atoms with Crippen molar-refractivity contribution in [3.05, 3.63) is 85.9 Å². The van der Waals surface area contributed by atoms with Gasteiger partial charge in [-0.2, -0.15) is 0 Å². The van der Waals surface area contributed by atoms with Crippen molar-refractivity contribution in [3.8, 4) is 5.75 Å². The maximum absolute atomic E-state index is 13.2. The van der Waals surface area contributed by atoms with Gasteiger partial charge in [-0.1, -0.05) is 29.8 Å². The number of hydrogen-bond acceptors (Lipinski definition) is 7. The molecule has 192 valence electrons. The molecule has 0 aliphatic rings. The Morgan fingerprint density at radius 1 is 1.36 bits per heavy atom. The molecular weight excluding hydrogens is 508 g/mol. The van der Waals surface area contributed by atoms with Crippen LogP contribution in [0.15, 0.2) is 63.1 Å². The first-order valence-corrected chi connectivity index (χ1v) is 11.5. The molecule has 8 nitrogen and oxygen atoms in total. The van der Waals surface area contributed by atoms with Crippen LogP contribution in [0, 0.1) is 12.7 Å². The van der Waals surface area contributed by atoms with Crippen LogP contribution in [0.4, 0.5) is 4.39 Å². The maximum Gasteiger partial charge on any atom is 0.277 e. The van der Waals surface area contributed by atoms with Gasteiger partial charge in [-0.15, -0.1) is 0 Å². The Hall–Kier alpha value is -3.27. The van der Waals surface area contributed by atoms with Gasteiger partial charge in [0.1, 0.15) is 29.9 Å². The van der Waals surface area contributed by atoms with Crippen LogP contribution in [0.1, 0.15) is 32.2 Å². The summed E-state index contributed by atoms with van der Waals surface area (Å²) in [5, 5.41) is 9.73. The molecule has 0 amide bonds.